The summed E-state index contributed by atoms with van der Waals surface area (Å²) in [5.74, 6) is -2.83. The van der Waals surface area contributed by atoms with Crippen molar-refractivity contribution in [3.63, 3.8) is 0 Å². The van der Waals surface area contributed by atoms with Crippen LogP contribution in [-0.2, 0) is 14.4 Å². The highest BCUT2D eigenvalue weighted by atomic mass is 16.4. The van der Waals surface area contributed by atoms with Gasteiger partial charge in [-0.15, -0.1) is 0 Å². The fraction of sp³-hybridized carbons (Fsp3) is 0.357. The lowest BCUT2D eigenvalue weighted by atomic mass is 10.1. The van der Waals surface area contributed by atoms with Gasteiger partial charge >= 0.3 is 11.9 Å². The van der Waals surface area contributed by atoms with Crippen LogP contribution in [0, 0.1) is 0 Å². The normalized spacial score (nSPS) is 13.2. The number of nitrogens with one attached hydrogen (secondary N) is 1. The van der Waals surface area contributed by atoms with Crippen LogP contribution in [0.25, 0.3) is 0 Å². The van der Waals surface area contributed by atoms with Crippen LogP contribution in [0.3, 0.4) is 0 Å². The van der Waals surface area contributed by atoms with Crippen LogP contribution in [0.5, 0.6) is 0 Å². The van der Waals surface area contributed by atoms with Crippen molar-refractivity contribution in [2.24, 2.45) is 5.73 Å². The second-order valence-electron chi connectivity index (χ2n) is 4.57. The SMILES string of the molecule is N[C@H](C(=O)N[C@H](CCCC(=O)O)C(=O)O)c1ccccc1. The molecule has 5 N–H and O–H groups in total. The average Bonchev–Trinajstić information content (AvgIpc) is 2.45. The van der Waals surface area contributed by atoms with Gasteiger partial charge in [-0.05, 0) is 18.4 Å². The number of nitrogens with two attached hydrogens (primary N) is 1. The van der Waals surface area contributed by atoms with Gasteiger partial charge in [0.05, 0.1) is 0 Å². The first-order valence-corrected chi connectivity index (χ1v) is 6.47. The van der Waals surface area contributed by atoms with E-state index in [1.54, 1.807) is 30.3 Å². The Bertz CT molecular complexity index is 503. The van der Waals surface area contributed by atoms with Gasteiger partial charge < -0.3 is 21.3 Å². The van der Waals surface area contributed by atoms with Gasteiger partial charge in [0, 0.05) is 6.42 Å². The molecule has 1 rings (SSSR count). The Morgan fingerprint density at radius 2 is 1.76 bits per heavy atom. The van der Waals surface area contributed by atoms with Crippen LogP contribution >= 0.6 is 0 Å². The van der Waals surface area contributed by atoms with Crippen molar-refractivity contribution in [1.29, 1.82) is 0 Å². The highest BCUT2D eigenvalue weighted by Crippen LogP contribution is 2.10. The monoisotopic (exact) mass is 294 g/mol. The highest BCUT2D eigenvalue weighted by molar-refractivity contribution is 5.87. The van der Waals surface area contributed by atoms with Gasteiger partial charge in [-0.25, -0.2) is 4.79 Å². The first-order chi connectivity index (χ1) is 9.91. The smallest absolute Gasteiger partial charge is 0.326 e. The first-order valence-electron chi connectivity index (χ1n) is 6.47. The fourth-order valence-electron chi connectivity index (χ4n) is 1.79. The van der Waals surface area contributed by atoms with E-state index in [9.17, 15) is 14.4 Å². The molecule has 1 amide bonds. The molecule has 0 unspecified atom stereocenters. The summed E-state index contributed by atoms with van der Waals surface area (Å²) < 4.78 is 0. The van der Waals surface area contributed by atoms with Crippen LogP contribution in [-0.4, -0.2) is 34.1 Å². The van der Waals surface area contributed by atoms with E-state index < -0.39 is 29.9 Å². The summed E-state index contributed by atoms with van der Waals surface area (Å²) in [6.07, 6.45) is 0.0480. The molecule has 2 atom stereocenters. The van der Waals surface area contributed by atoms with E-state index in [-0.39, 0.29) is 19.3 Å². The zero-order valence-electron chi connectivity index (χ0n) is 11.4. The minimum atomic E-state index is -1.21. The molecule has 0 bridgehead atoms. The third kappa shape index (κ3) is 5.62. The van der Waals surface area contributed by atoms with Crippen molar-refractivity contribution < 1.29 is 24.6 Å². The van der Waals surface area contributed by atoms with Gasteiger partial charge in [0.15, 0.2) is 0 Å². The molecule has 0 saturated carbocycles. The number of carboxylic acid groups (broad SMARTS) is 2. The van der Waals surface area contributed by atoms with Crippen molar-refractivity contribution in [3.05, 3.63) is 35.9 Å². The first kappa shape index (κ1) is 16.6. The lowest BCUT2D eigenvalue weighted by molar-refractivity contribution is -0.143. The summed E-state index contributed by atoms with van der Waals surface area (Å²) in [5, 5.41) is 19.9. The minimum Gasteiger partial charge on any atom is -0.481 e. The average molecular weight is 294 g/mol. The molecule has 7 heteroatoms. The maximum Gasteiger partial charge on any atom is 0.326 e. The molecule has 114 valence electrons. The summed E-state index contributed by atoms with van der Waals surface area (Å²) in [6, 6.07) is 6.46. The van der Waals surface area contributed by atoms with Crippen LogP contribution < -0.4 is 11.1 Å². The van der Waals surface area contributed by atoms with Gasteiger partial charge in [0.2, 0.25) is 5.91 Å². The Labute approximate surface area is 121 Å². The van der Waals surface area contributed by atoms with Gasteiger partial charge in [-0.3, -0.25) is 9.59 Å². The molecule has 0 fully saturated rings. The van der Waals surface area contributed by atoms with Gasteiger partial charge in [-0.2, -0.15) is 0 Å². The van der Waals surface area contributed by atoms with E-state index in [0.717, 1.165) is 0 Å². The predicted molar refractivity (Wildman–Crippen MR) is 74.4 cm³/mol. The molecule has 0 saturated heterocycles. The Morgan fingerprint density at radius 3 is 2.29 bits per heavy atom. The summed E-state index contributed by atoms with van der Waals surface area (Å²) in [7, 11) is 0. The maximum atomic E-state index is 11.9. The van der Waals surface area contributed by atoms with E-state index in [1.807, 2.05) is 0 Å². The van der Waals surface area contributed by atoms with E-state index in [0.29, 0.717) is 5.56 Å². The molecule has 0 aliphatic heterocycles. The summed E-state index contributed by atoms with van der Waals surface area (Å²) in [6.45, 7) is 0. The molecule has 1 aromatic rings. The zero-order chi connectivity index (χ0) is 15.8. The van der Waals surface area contributed by atoms with Gasteiger partial charge in [-0.1, -0.05) is 30.3 Å². The lowest BCUT2D eigenvalue weighted by Gasteiger charge is -2.17. The topological polar surface area (TPSA) is 130 Å². The second kappa shape index (κ2) is 8.01. The number of carbonyl (C=O) groups is 3. The summed E-state index contributed by atoms with van der Waals surface area (Å²) >= 11 is 0. The van der Waals surface area contributed by atoms with E-state index in [4.69, 9.17) is 15.9 Å². The van der Waals surface area contributed by atoms with Crippen LogP contribution in [0.1, 0.15) is 30.9 Å². The van der Waals surface area contributed by atoms with Crippen molar-refractivity contribution in [3.8, 4) is 0 Å². The molecule has 21 heavy (non-hydrogen) atoms. The molecule has 1 aromatic carbocycles. The van der Waals surface area contributed by atoms with E-state index in [2.05, 4.69) is 5.32 Å². The number of rotatable bonds is 8. The molecule has 0 heterocycles. The molecular weight excluding hydrogens is 276 g/mol. The van der Waals surface area contributed by atoms with Gasteiger partial charge in [0.1, 0.15) is 12.1 Å². The number of benzene rings is 1. The molecule has 0 spiro atoms. The number of amides is 1. The third-order valence-electron chi connectivity index (χ3n) is 2.94. The number of aliphatic carboxylic acids is 2. The molecule has 0 radical (unpaired) electrons. The molecule has 0 aromatic heterocycles. The highest BCUT2D eigenvalue weighted by Gasteiger charge is 2.23. The third-order valence-corrected chi connectivity index (χ3v) is 2.94. The number of hydrogen-bond donors (Lipinski definition) is 4. The molecule has 0 aliphatic rings. The van der Waals surface area contributed by atoms with Crippen molar-refractivity contribution in [2.45, 2.75) is 31.3 Å². The van der Waals surface area contributed by atoms with Crippen LogP contribution in [0.15, 0.2) is 30.3 Å². The molecule has 7 nitrogen and oxygen atoms in total. The molecular formula is C14H18N2O5. The summed E-state index contributed by atoms with van der Waals surface area (Å²) in [5.41, 5.74) is 6.34. The lowest BCUT2D eigenvalue weighted by Crippen LogP contribution is -2.44. The van der Waals surface area contributed by atoms with Crippen molar-refractivity contribution >= 4 is 17.8 Å². The Kier molecular flexibility index (Phi) is 6.35. The van der Waals surface area contributed by atoms with Crippen LogP contribution in [0.4, 0.5) is 0 Å². The molecule has 0 aliphatic carbocycles. The Hall–Kier alpha value is -2.41. The second-order valence-corrected chi connectivity index (χ2v) is 4.57. The Balaban J connectivity index is 2.60. The number of carboxylic acids is 2. The minimum absolute atomic E-state index is 0.0366. The van der Waals surface area contributed by atoms with E-state index >= 15 is 0 Å². The number of hydrogen-bond acceptors (Lipinski definition) is 4. The van der Waals surface area contributed by atoms with Crippen molar-refractivity contribution in [1.82, 2.24) is 5.32 Å². The van der Waals surface area contributed by atoms with E-state index in [1.165, 1.54) is 0 Å². The van der Waals surface area contributed by atoms with Gasteiger partial charge in [0.25, 0.3) is 0 Å². The number of carbonyl (C=O) groups excluding carboxylic acids is 1. The quantitative estimate of drug-likeness (QED) is 0.552. The largest absolute Gasteiger partial charge is 0.481 e. The standard InChI is InChI=1S/C14H18N2O5/c15-12(9-5-2-1-3-6-9)13(19)16-10(14(20)21)7-4-8-11(17)18/h1-3,5-6,10,12H,4,7-8,15H2,(H,16,19)(H,17,18)(H,20,21)/t10-,12+/m1/s1. The summed E-state index contributed by atoms with van der Waals surface area (Å²) in [4.78, 5) is 33.4. The fourth-order valence-corrected chi connectivity index (χ4v) is 1.79. The maximum absolute atomic E-state index is 11.9. The zero-order valence-corrected chi connectivity index (χ0v) is 11.4. The van der Waals surface area contributed by atoms with Crippen LogP contribution in [0.2, 0.25) is 0 Å². The Morgan fingerprint density at radius 1 is 1.14 bits per heavy atom. The van der Waals surface area contributed by atoms with Crippen molar-refractivity contribution in [2.75, 3.05) is 0 Å². The predicted octanol–water partition coefficient (Wildman–Crippen LogP) is 0.511.